The van der Waals surface area contributed by atoms with Crippen molar-refractivity contribution in [3.8, 4) is 0 Å². The van der Waals surface area contributed by atoms with Gasteiger partial charge in [-0.15, -0.1) is 0 Å². The predicted molar refractivity (Wildman–Crippen MR) is 67.1 cm³/mol. The second kappa shape index (κ2) is 5.30. The fourth-order valence-corrected chi connectivity index (χ4v) is 2.70. The minimum absolute atomic E-state index is 0.0678. The molecule has 0 aliphatic rings. The molecule has 0 amide bonds. The largest absolute Gasteiger partial charge is 0.299 e. The van der Waals surface area contributed by atoms with Crippen LogP contribution in [0.25, 0.3) is 0 Å². The van der Waals surface area contributed by atoms with Crippen LogP contribution in [-0.4, -0.2) is 26.2 Å². The summed E-state index contributed by atoms with van der Waals surface area (Å²) in [7, 11) is -3.01. The zero-order valence-corrected chi connectivity index (χ0v) is 12.0. The molecule has 0 radical (unpaired) electrons. The average molecular weight is 248 g/mol. The van der Waals surface area contributed by atoms with E-state index in [2.05, 4.69) is 0 Å². The van der Waals surface area contributed by atoms with E-state index in [1.807, 2.05) is 34.6 Å². The first-order chi connectivity index (χ1) is 6.93. The molecule has 16 heavy (non-hydrogen) atoms. The molecule has 0 aliphatic heterocycles. The third-order valence-corrected chi connectivity index (χ3v) is 3.78. The van der Waals surface area contributed by atoms with E-state index in [-0.39, 0.29) is 28.8 Å². The highest BCUT2D eigenvalue weighted by atomic mass is 32.2. The van der Waals surface area contributed by atoms with E-state index in [9.17, 15) is 13.2 Å². The quantitative estimate of drug-likeness (QED) is 0.750. The monoisotopic (exact) mass is 248 g/mol. The van der Waals surface area contributed by atoms with Crippen LogP contribution in [0.5, 0.6) is 0 Å². The minimum atomic E-state index is -3.01. The third-order valence-electron chi connectivity index (χ3n) is 2.74. The zero-order chi connectivity index (χ0) is 13.1. The van der Waals surface area contributed by atoms with Gasteiger partial charge in [0.05, 0.1) is 5.75 Å². The topological polar surface area (TPSA) is 51.2 Å². The molecule has 1 unspecified atom stereocenters. The van der Waals surface area contributed by atoms with Gasteiger partial charge < -0.3 is 0 Å². The first-order valence-electron chi connectivity index (χ1n) is 5.64. The lowest BCUT2D eigenvalue weighted by atomic mass is 9.82. The summed E-state index contributed by atoms with van der Waals surface area (Å²) in [5, 5.41) is 0. The highest BCUT2D eigenvalue weighted by molar-refractivity contribution is 7.90. The highest BCUT2D eigenvalue weighted by Crippen LogP contribution is 2.24. The average Bonchev–Trinajstić information content (AvgIpc) is 1.98. The molecule has 0 aromatic carbocycles. The summed E-state index contributed by atoms with van der Waals surface area (Å²) in [5.41, 5.74) is -0.384. The van der Waals surface area contributed by atoms with Crippen LogP contribution in [0.15, 0.2) is 0 Å². The maximum absolute atomic E-state index is 11.9. The Kier molecular flexibility index (Phi) is 5.17. The molecule has 0 heterocycles. The lowest BCUT2D eigenvalue weighted by Gasteiger charge is -2.24. The normalized spacial score (nSPS) is 15.2. The van der Waals surface area contributed by atoms with Gasteiger partial charge >= 0.3 is 0 Å². The van der Waals surface area contributed by atoms with E-state index in [0.29, 0.717) is 6.42 Å². The molecule has 0 rings (SSSR count). The van der Waals surface area contributed by atoms with Crippen molar-refractivity contribution in [3.05, 3.63) is 0 Å². The summed E-state index contributed by atoms with van der Waals surface area (Å²) in [6.07, 6.45) is 1.58. The van der Waals surface area contributed by atoms with Crippen molar-refractivity contribution in [1.29, 1.82) is 0 Å². The van der Waals surface area contributed by atoms with Crippen molar-refractivity contribution in [3.63, 3.8) is 0 Å². The van der Waals surface area contributed by atoms with Crippen molar-refractivity contribution in [1.82, 2.24) is 0 Å². The van der Waals surface area contributed by atoms with Gasteiger partial charge in [-0.2, -0.15) is 0 Å². The van der Waals surface area contributed by atoms with E-state index in [0.717, 1.165) is 0 Å². The van der Waals surface area contributed by atoms with Crippen molar-refractivity contribution in [2.24, 2.45) is 17.3 Å². The van der Waals surface area contributed by atoms with Crippen LogP contribution in [0.1, 0.15) is 41.0 Å². The molecule has 0 fully saturated rings. The molecule has 0 aliphatic carbocycles. The van der Waals surface area contributed by atoms with Crippen LogP contribution in [0, 0.1) is 17.3 Å². The summed E-state index contributed by atoms with van der Waals surface area (Å²) in [5.74, 6) is 0.379. The van der Waals surface area contributed by atoms with Crippen molar-refractivity contribution in [2.75, 3.05) is 12.0 Å². The van der Waals surface area contributed by atoms with Crippen LogP contribution < -0.4 is 0 Å². The van der Waals surface area contributed by atoms with E-state index in [4.69, 9.17) is 0 Å². The fourth-order valence-electron chi connectivity index (χ4n) is 1.42. The molecule has 0 saturated carbocycles. The molecular formula is C12H24O3S. The third kappa shape index (κ3) is 6.26. The van der Waals surface area contributed by atoms with Crippen LogP contribution in [0.4, 0.5) is 0 Å². The van der Waals surface area contributed by atoms with Crippen molar-refractivity contribution < 1.29 is 13.2 Å². The molecule has 1 atom stereocenters. The van der Waals surface area contributed by atoms with Gasteiger partial charge in [-0.3, -0.25) is 4.79 Å². The first kappa shape index (κ1) is 15.6. The molecular weight excluding hydrogens is 224 g/mol. The Bertz CT molecular complexity index is 334. The summed E-state index contributed by atoms with van der Waals surface area (Å²) < 4.78 is 22.5. The van der Waals surface area contributed by atoms with Gasteiger partial charge in [-0.1, -0.05) is 34.6 Å². The van der Waals surface area contributed by atoms with Crippen LogP contribution in [0.3, 0.4) is 0 Å². The van der Waals surface area contributed by atoms with E-state index < -0.39 is 9.84 Å². The van der Waals surface area contributed by atoms with Gasteiger partial charge in [0.1, 0.15) is 15.6 Å². The summed E-state index contributed by atoms with van der Waals surface area (Å²) in [4.78, 5) is 11.9. The lowest BCUT2D eigenvalue weighted by molar-refractivity contribution is -0.127. The number of rotatable bonds is 5. The van der Waals surface area contributed by atoms with Gasteiger partial charge in [0.15, 0.2) is 0 Å². The molecule has 0 spiro atoms. The summed E-state index contributed by atoms with van der Waals surface area (Å²) in [6.45, 7) is 9.53. The number of carbonyl (C=O) groups is 1. The molecule has 0 N–H and O–H groups in total. The van der Waals surface area contributed by atoms with Gasteiger partial charge in [0, 0.05) is 18.1 Å². The van der Waals surface area contributed by atoms with Gasteiger partial charge in [0.2, 0.25) is 0 Å². The number of hydrogen-bond donors (Lipinski definition) is 0. The minimum Gasteiger partial charge on any atom is -0.299 e. The summed E-state index contributed by atoms with van der Waals surface area (Å²) in [6, 6.07) is 0. The second-order valence-corrected chi connectivity index (χ2v) is 8.16. The molecule has 96 valence electrons. The lowest BCUT2D eigenvalue weighted by Crippen LogP contribution is -2.28. The smallest absolute Gasteiger partial charge is 0.147 e. The SMILES string of the molecule is CC(C)C(CC(=O)C(C)(C)C)CS(C)(=O)=O. The maximum atomic E-state index is 11.9. The Morgan fingerprint density at radius 2 is 1.62 bits per heavy atom. The zero-order valence-electron chi connectivity index (χ0n) is 11.2. The molecule has 0 aromatic rings. The number of carbonyl (C=O) groups excluding carboxylic acids is 1. The summed E-state index contributed by atoms with van der Waals surface area (Å²) >= 11 is 0. The van der Waals surface area contributed by atoms with Crippen LogP contribution in [-0.2, 0) is 14.6 Å². The second-order valence-electron chi connectivity index (χ2n) is 5.97. The number of ketones is 1. The molecule has 0 bridgehead atoms. The van der Waals surface area contributed by atoms with Gasteiger partial charge in [0.25, 0.3) is 0 Å². The molecule has 4 heteroatoms. The Balaban J connectivity index is 4.66. The van der Waals surface area contributed by atoms with Gasteiger partial charge in [-0.05, 0) is 11.8 Å². The van der Waals surface area contributed by atoms with Crippen molar-refractivity contribution >= 4 is 15.6 Å². The molecule has 0 aromatic heterocycles. The number of Topliss-reactive ketones (excluding diaryl/α,β-unsaturated/α-hetero) is 1. The highest BCUT2D eigenvalue weighted by Gasteiger charge is 2.27. The Morgan fingerprint density at radius 3 is 1.88 bits per heavy atom. The Morgan fingerprint density at radius 1 is 1.19 bits per heavy atom. The molecule has 3 nitrogen and oxygen atoms in total. The van der Waals surface area contributed by atoms with Gasteiger partial charge in [-0.25, -0.2) is 8.42 Å². The van der Waals surface area contributed by atoms with Crippen LogP contribution >= 0.6 is 0 Å². The van der Waals surface area contributed by atoms with Crippen molar-refractivity contribution in [2.45, 2.75) is 41.0 Å². The van der Waals surface area contributed by atoms with E-state index in [1.54, 1.807) is 0 Å². The Hall–Kier alpha value is -0.380. The fraction of sp³-hybridized carbons (Fsp3) is 0.917. The standard InChI is InChI=1S/C12H24O3S/c1-9(2)10(8-16(6,14)15)7-11(13)12(3,4)5/h9-10H,7-8H2,1-6H3. The van der Waals surface area contributed by atoms with Crippen LogP contribution in [0.2, 0.25) is 0 Å². The molecule has 0 saturated heterocycles. The maximum Gasteiger partial charge on any atom is 0.147 e. The number of sulfone groups is 1. The van der Waals surface area contributed by atoms with E-state index >= 15 is 0 Å². The predicted octanol–water partition coefficient (Wildman–Crippen LogP) is 2.31. The van der Waals surface area contributed by atoms with E-state index in [1.165, 1.54) is 6.26 Å². The first-order valence-corrected chi connectivity index (χ1v) is 7.70. The number of hydrogen-bond acceptors (Lipinski definition) is 3. The Labute approximate surface area is 99.5 Å².